The number of aromatic nitrogens is 1. The lowest BCUT2D eigenvalue weighted by Gasteiger charge is -2.53. The molecule has 1 spiro atoms. The third-order valence-electron chi connectivity index (χ3n) is 5.39. The molecule has 23 heavy (non-hydrogen) atoms. The van der Waals surface area contributed by atoms with E-state index in [1.54, 1.807) is 12.3 Å². The Morgan fingerprint density at radius 2 is 2.09 bits per heavy atom. The Kier molecular flexibility index (Phi) is 4.22. The normalized spacial score (nSPS) is 28.0. The minimum Gasteiger partial charge on any atom is -0.475 e. The largest absolute Gasteiger partial charge is 0.475 e. The second-order valence-corrected chi connectivity index (χ2v) is 6.75. The Labute approximate surface area is 135 Å². The summed E-state index contributed by atoms with van der Waals surface area (Å²) in [5, 5.41) is 0. The quantitative estimate of drug-likeness (QED) is 0.847. The molecule has 3 aliphatic rings. The molecule has 1 atom stereocenters. The van der Waals surface area contributed by atoms with Crippen molar-refractivity contribution in [1.82, 2.24) is 9.88 Å². The van der Waals surface area contributed by atoms with Crippen molar-refractivity contribution >= 4 is 0 Å². The maximum absolute atomic E-state index is 13.6. The average Bonchev–Trinajstić information content (AvgIpc) is 2.97. The van der Waals surface area contributed by atoms with E-state index in [0.717, 1.165) is 52.2 Å². The molecule has 0 amide bonds. The predicted octanol–water partition coefficient (Wildman–Crippen LogP) is 1.87. The first-order valence-electron chi connectivity index (χ1n) is 8.46. The van der Waals surface area contributed by atoms with Gasteiger partial charge in [0.2, 0.25) is 5.88 Å². The number of hydrogen-bond donors (Lipinski definition) is 0. The minimum atomic E-state index is -0.405. The lowest BCUT2D eigenvalue weighted by molar-refractivity contribution is -0.160. The van der Waals surface area contributed by atoms with Gasteiger partial charge >= 0.3 is 0 Å². The zero-order valence-electron chi connectivity index (χ0n) is 13.2. The van der Waals surface area contributed by atoms with Gasteiger partial charge in [0.25, 0.3) is 0 Å². The van der Waals surface area contributed by atoms with Gasteiger partial charge in [-0.1, -0.05) is 0 Å². The van der Waals surface area contributed by atoms with Gasteiger partial charge in [-0.25, -0.2) is 9.37 Å². The van der Waals surface area contributed by atoms with Gasteiger partial charge in [0, 0.05) is 51.1 Å². The molecule has 3 fully saturated rings. The van der Waals surface area contributed by atoms with Crippen LogP contribution in [0.1, 0.15) is 19.3 Å². The van der Waals surface area contributed by atoms with Gasteiger partial charge in [-0.15, -0.1) is 0 Å². The molecule has 1 aromatic rings. The van der Waals surface area contributed by atoms with Crippen molar-refractivity contribution in [2.45, 2.75) is 30.9 Å². The Bertz CT molecular complexity index is 544. The number of hydrogen-bond acceptors (Lipinski definition) is 5. The Morgan fingerprint density at radius 1 is 1.26 bits per heavy atom. The molecule has 0 aromatic carbocycles. The highest BCUT2D eigenvalue weighted by Gasteiger charge is 2.54. The first kappa shape index (κ1) is 15.3. The highest BCUT2D eigenvalue weighted by atomic mass is 19.1. The number of pyridine rings is 1. The molecule has 0 aliphatic carbocycles. The SMILES string of the molecule is Fc1cccnc1OCC1CCOC12CN(C1CCOCC1)C2. The van der Waals surface area contributed by atoms with Gasteiger partial charge in [-0.05, 0) is 31.4 Å². The molecule has 1 unspecified atom stereocenters. The standard InChI is InChI=1S/C17H23FN2O3/c18-15-2-1-6-19-16(15)22-10-13-3-9-23-17(13)11-20(12-17)14-4-7-21-8-5-14/h1-2,6,13-14H,3-5,7-12H2. The zero-order valence-corrected chi connectivity index (χ0v) is 13.2. The molecule has 1 aromatic heterocycles. The van der Waals surface area contributed by atoms with Crippen LogP contribution < -0.4 is 4.74 Å². The average molecular weight is 322 g/mol. The van der Waals surface area contributed by atoms with Gasteiger partial charge in [-0.3, -0.25) is 4.90 Å². The molecule has 4 heterocycles. The lowest BCUT2D eigenvalue weighted by Crippen LogP contribution is -2.68. The first-order chi connectivity index (χ1) is 11.3. The predicted molar refractivity (Wildman–Crippen MR) is 81.9 cm³/mol. The lowest BCUT2D eigenvalue weighted by atomic mass is 9.79. The van der Waals surface area contributed by atoms with E-state index in [4.69, 9.17) is 14.2 Å². The molecular weight excluding hydrogens is 299 g/mol. The van der Waals surface area contributed by atoms with Crippen molar-refractivity contribution in [3.8, 4) is 5.88 Å². The molecule has 3 saturated heterocycles. The smallest absolute Gasteiger partial charge is 0.250 e. The van der Waals surface area contributed by atoms with Crippen LogP contribution in [0.15, 0.2) is 18.3 Å². The number of likely N-dealkylation sites (tertiary alicyclic amines) is 1. The van der Waals surface area contributed by atoms with E-state index < -0.39 is 5.82 Å². The Balaban J connectivity index is 1.34. The molecule has 0 radical (unpaired) electrons. The fourth-order valence-electron chi connectivity index (χ4n) is 3.98. The molecule has 0 bridgehead atoms. The molecule has 126 valence electrons. The number of nitrogens with zero attached hydrogens (tertiary/aromatic N) is 2. The maximum atomic E-state index is 13.6. The van der Waals surface area contributed by atoms with E-state index in [2.05, 4.69) is 9.88 Å². The third kappa shape index (κ3) is 2.95. The van der Waals surface area contributed by atoms with Crippen LogP contribution in [-0.2, 0) is 9.47 Å². The highest BCUT2D eigenvalue weighted by Crippen LogP contribution is 2.42. The van der Waals surface area contributed by atoms with Crippen molar-refractivity contribution in [3.63, 3.8) is 0 Å². The van der Waals surface area contributed by atoms with E-state index in [0.29, 0.717) is 18.6 Å². The molecule has 3 aliphatic heterocycles. The van der Waals surface area contributed by atoms with Crippen LogP contribution in [0.4, 0.5) is 4.39 Å². The minimum absolute atomic E-state index is 0.0927. The maximum Gasteiger partial charge on any atom is 0.250 e. The van der Waals surface area contributed by atoms with Crippen LogP contribution in [0.25, 0.3) is 0 Å². The second-order valence-electron chi connectivity index (χ2n) is 6.75. The van der Waals surface area contributed by atoms with Gasteiger partial charge in [-0.2, -0.15) is 0 Å². The fraction of sp³-hybridized carbons (Fsp3) is 0.706. The van der Waals surface area contributed by atoms with E-state index in [1.165, 1.54) is 6.07 Å². The summed E-state index contributed by atoms with van der Waals surface area (Å²) in [5.74, 6) is -0.00642. The summed E-state index contributed by atoms with van der Waals surface area (Å²) >= 11 is 0. The van der Waals surface area contributed by atoms with Gasteiger partial charge in [0.05, 0.1) is 12.2 Å². The van der Waals surface area contributed by atoms with E-state index in [1.807, 2.05) is 0 Å². The number of halogens is 1. The summed E-state index contributed by atoms with van der Waals surface area (Å²) < 4.78 is 30.7. The highest BCUT2D eigenvalue weighted by molar-refractivity contribution is 5.13. The molecule has 0 saturated carbocycles. The fourth-order valence-corrected chi connectivity index (χ4v) is 3.98. The summed E-state index contributed by atoms with van der Waals surface area (Å²) in [7, 11) is 0. The molecule has 4 rings (SSSR count). The van der Waals surface area contributed by atoms with E-state index in [9.17, 15) is 4.39 Å². The van der Waals surface area contributed by atoms with Crippen molar-refractivity contribution < 1.29 is 18.6 Å². The summed E-state index contributed by atoms with van der Waals surface area (Å²) in [4.78, 5) is 6.46. The van der Waals surface area contributed by atoms with Crippen molar-refractivity contribution in [1.29, 1.82) is 0 Å². The molecule has 6 heteroatoms. The zero-order chi connectivity index (χ0) is 15.7. The summed E-state index contributed by atoms with van der Waals surface area (Å²) in [5.41, 5.74) is -0.108. The number of rotatable bonds is 4. The molecule has 0 N–H and O–H groups in total. The van der Waals surface area contributed by atoms with Crippen LogP contribution in [0.3, 0.4) is 0 Å². The van der Waals surface area contributed by atoms with Gasteiger partial charge in [0.1, 0.15) is 0 Å². The van der Waals surface area contributed by atoms with Crippen LogP contribution in [0.5, 0.6) is 5.88 Å². The van der Waals surface area contributed by atoms with Crippen LogP contribution in [0, 0.1) is 11.7 Å². The number of ether oxygens (including phenoxy) is 3. The van der Waals surface area contributed by atoms with Crippen molar-refractivity contribution in [2.24, 2.45) is 5.92 Å². The Morgan fingerprint density at radius 3 is 2.87 bits per heavy atom. The topological polar surface area (TPSA) is 43.8 Å². The van der Waals surface area contributed by atoms with Crippen molar-refractivity contribution in [3.05, 3.63) is 24.1 Å². The van der Waals surface area contributed by atoms with E-state index in [-0.39, 0.29) is 11.5 Å². The van der Waals surface area contributed by atoms with Crippen LogP contribution in [-0.4, -0.2) is 61.0 Å². The van der Waals surface area contributed by atoms with Gasteiger partial charge < -0.3 is 14.2 Å². The third-order valence-corrected chi connectivity index (χ3v) is 5.39. The van der Waals surface area contributed by atoms with Crippen molar-refractivity contribution in [2.75, 3.05) is 39.5 Å². The van der Waals surface area contributed by atoms with Crippen LogP contribution in [0.2, 0.25) is 0 Å². The summed E-state index contributed by atoms with van der Waals surface area (Å²) in [6.45, 7) is 4.86. The second kappa shape index (κ2) is 6.34. The van der Waals surface area contributed by atoms with Gasteiger partial charge in [0.15, 0.2) is 5.82 Å². The first-order valence-corrected chi connectivity index (χ1v) is 8.46. The van der Waals surface area contributed by atoms with E-state index >= 15 is 0 Å². The van der Waals surface area contributed by atoms with Crippen LogP contribution >= 0.6 is 0 Å². The summed E-state index contributed by atoms with van der Waals surface area (Å²) in [6, 6.07) is 3.56. The Hall–Kier alpha value is -1.24. The molecule has 5 nitrogen and oxygen atoms in total. The monoisotopic (exact) mass is 322 g/mol. The molecular formula is C17H23FN2O3. The summed E-state index contributed by atoms with van der Waals surface area (Å²) in [6.07, 6.45) is 4.73.